The number of nitrogens with zero attached hydrogens (tertiary/aromatic N) is 1. The number of benzene rings is 1. The number of aryl methyl sites for hydroxylation is 1. The van der Waals surface area contributed by atoms with E-state index < -0.39 is 18.7 Å². The fourth-order valence-electron chi connectivity index (χ4n) is 2.08. The molecule has 0 aliphatic carbocycles. The largest absolute Gasteiger partial charge is 0.493 e. The van der Waals surface area contributed by atoms with Crippen LogP contribution in [0.4, 0.5) is 13.2 Å². The smallest absolute Gasteiger partial charge is 0.422 e. The van der Waals surface area contributed by atoms with Crippen molar-refractivity contribution in [2.24, 2.45) is 0 Å². The molecule has 9 heteroatoms. The maximum atomic E-state index is 12.2. The highest BCUT2D eigenvalue weighted by atomic mass is 19.4. The van der Waals surface area contributed by atoms with Gasteiger partial charge < -0.3 is 19.5 Å². The number of alkyl halides is 3. The number of halogens is 3. The molecule has 1 aromatic carbocycles. The summed E-state index contributed by atoms with van der Waals surface area (Å²) in [5.74, 6) is 0.389. The number of nitrogens with one attached hydrogen (secondary N) is 1. The van der Waals surface area contributed by atoms with Gasteiger partial charge in [0, 0.05) is 18.8 Å². The lowest BCUT2D eigenvalue weighted by atomic mass is 10.2. The highest BCUT2D eigenvalue weighted by Gasteiger charge is 2.28. The predicted molar refractivity (Wildman–Crippen MR) is 90.9 cm³/mol. The lowest BCUT2D eigenvalue weighted by molar-refractivity contribution is -0.154. The minimum Gasteiger partial charge on any atom is -0.493 e. The summed E-state index contributed by atoms with van der Waals surface area (Å²) in [7, 11) is 1.50. The molecule has 2 aromatic rings. The predicted octanol–water partition coefficient (Wildman–Crippen LogP) is 3.03. The molecule has 1 amide bonds. The molecule has 2 rings (SSSR count). The molecular weight excluding hydrogens is 365 g/mol. The Kier molecular flexibility index (Phi) is 6.86. The molecule has 0 saturated carbocycles. The quantitative estimate of drug-likeness (QED) is 0.758. The van der Waals surface area contributed by atoms with Gasteiger partial charge >= 0.3 is 6.18 Å². The fourth-order valence-corrected chi connectivity index (χ4v) is 2.08. The van der Waals surface area contributed by atoms with Crippen molar-refractivity contribution < 1.29 is 32.2 Å². The van der Waals surface area contributed by atoms with E-state index in [0.717, 1.165) is 5.56 Å². The van der Waals surface area contributed by atoms with E-state index in [1.54, 1.807) is 18.2 Å². The number of amides is 1. The topological polar surface area (TPSA) is 69.7 Å². The van der Waals surface area contributed by atoms with Crippen molar-refractivity contribution in [3.63, 3.8) is 0 Å². The van der Waals surface area contributed by atoms with Gasteiger partial charge in [0.15, 0.2) is 24.7 Å². The number of aromatic nitrogens is 1. The first-order valence-corrected chi connectivity index (χ1v) is 7.95. The van der Waals surface area contributed by atoms with Gasteiger partial charge in [-0.15, -0.1) is 0 Å². The molecular formula is C18H19F3N2O4. The Morgan fingerprint density at radius 1 is 1.15 bits per heavy atom. The number of hydrogen-bond donors (Lipinski definition) is 1. The second-order valence-electron chi connectivity index (χ2n) is 5.63. The molecule has 1 heterocycles. The first-order valence-electron chi connectivity index (χ1n) is 7.95. The first kappa shape index (κ1) is 20.3. The average Bonchev–Trinajstić information content (AvgIpc) is 2.63. The number of ether oxygens (including phenoxy) is 3. The van der Waals surface area contributed by atoms with Crippen LogP contribution in [0.25, 0.3) is 0 Å². The fraction of sp³-hybridized carbons (Fsp3) is 0.333. The number of carbonyl (C=O) groups is 1. The second-order valence-corrected chi connectivity index (χ2v) is 5.63. The Hall–Kier alpha value is -2.97. The molecule has 0 aliphatic rings. The molecule has 0 atom stereocenters. The summed E-state index contributed by atoms with van der Waals surface area (Å²) in [5.41, 5.74) is 1.54. The van der Waals surface area contributed by atoms with Crippen LogP contribution in [0.5, 0.6) is 17.4 Å². The van der Waals surface area contributed by atoms with Crippen LogP contribution in [0.15, 0.2) is 36.5 Å². The highest BCUT2D eigenvalue weighted by Crippen LogP contribution is 2.27. The summed E-state index contributed by atoms with van der Waals surface area (Å²) in [6.07, 6.45) is -3.14. The van der Waals surface area contributed by atoms with Gasteiger partial charge in [0.25, 0.3) is 5.91 Å². The van der Waals surface area contributed by atoms with Gasteiger partial charge in [-0.25, -0.2) is 4.98 Å². The van der Waals surface area contributed by atoms with Crippen molar-refractivity contribution >= 4 is 5.91 Å². The first-order chi connectivity index (χ1) is 12.8. The third kappa shape index (κ3) is 7.04. The summed E-state index contributed by atoms with van der Waals surface area (Å²) in [5, 5.41) is 2.61. The van der Waals surface area contributed by atoms with Crippen LogP contribution in [-0.2, 0) is 11.3 Å². The van der Waals surface area contributed by atoms with Crippen LogP contribution in [0.2, 0.25) is 0 Å². The van der Waals surface area contributed by atoms with Gasteiger partial charge in [0.05, 0.1) is 7.11 Å². The molecule has 6 nitrogen and oxygen atoms in total. The van der Waals surface area contributed by atoms with E-state index in [9.17, 15) is 18.0 Å². The molecule has 0 bridgehead atoms. The number of hydrogen-bond acceptors (Lipinski definition) is 5. The Balaban J connectivity index is 1.83. The van der Waals surface area contributed by atoms with Crippen LogP contribution >= 0.6 is 0 Å². The zero-order chi connectivity index (χ0) is 19.9. The van der Waals surface area contributed by atoms with E-state index in [0.29, 0.717) is 17.1 Å². The van der Waals surface area contributed by atoms with Crippen molar-refractivity contribution in [1.82, 2.24) is 10.3 Å². The average molecular weight is 384 g/mol. The van der Waals surface area contributed by atoms with Crippen LogP contribution < -0.4 is 19.5 Å². The molecule has 0 fully saturated rings. The maximum absolute atomic E-state index is 12.2. The normalized spacial score (nSPS) is 11.0. The number of methoxy groups -OCH3 is 1. The Labute approximate surface area is 154 Å². The minimum absolute atomic E-state index is 0.0954. The van der Waals surface area contributed by atoms with E-state index >= 15 is 0 Å². The van der Waals surface area contributed by atoms with Crippen molar-refractivity contribution in [2.45, 2.75) is 19.6 Å². The van der Waals surface area contributed by atoms with Gasteiger partial charge in [0.2, 0.25) is 5.88 Å². The van der Waals surface area contributed by atoms with Gasteiger partial charge in [-0.3, -0.25) is 4.79 Å². The van der Waals surface area contributed by atoms with Crippen molar-refractivity contribution in [3.8, 4) is 17.4 Å². The summed E-state index contributed by atoms with van der Waals surface area (Å²) in [6, 6.07) is 8.21. The van der Waals surface area contributed by atoms with E-state index in [-0.39, 0.29) is 19.0 Å². The van der Waals surface area contributed by atoms with Crippen LogP contribution in [0.1, 0.15) is 11.1 Å². The van der Waals surface area contributed by atoms with Gasteiger partial charge in [0.1, 0.15) is 0 Å². The highest BCUT2D eigenvalue weighted by molar-refractivity contribution is 5.77. The third-order valence-electron chi connectivity index (χ3n) is 3.35. The molecule has 0 spiro atoms. The second kappa shape index (κ2) is 9.11. The monoisotopic (exact) mass is 384 g/mol. The van der Waals surface area contributed by atoms with E-state index in [1.807, 2.05) is 13.0 Å². The van der Waals surface area contributed by atoms with E-state index in [1.165, 1.54) is 19.4 Å². The van der Waals surface area contributed by atoms with Gasteiger partial charge in [-0.1, -0.05) is 6.07 Å². The van der Waals surface area contributed by atoms with Gasteiger partial charge in [-0.2, -0.15) is 13.2 Å². The molecule has 0 unspecified atom stereocenters. The summed E-state index contributed by atoms with van der Waals surface area (Å²) < 4.78 is 51.7. The Morgan fingerprint density at radius 2 is 1.93 bits per heavy atom. The maximum Gasteiger partial charge on any atom is 0.422 e. The lowest BCUT2D eigenvalue weighted by Crippen LogP contribution is -2.28. The number of pyridine rings is 1. The summed E-state index contributed by atoms with van der Waals surface area (Å²) in [4.78, 5) is 15.6. The molecule has 0 saturated heterocycles. The van der Waals surface area contributed by atoms with Crippen molar-refractivity contribution in [3.05, 3.63) is 47.7 Å². The van der Waals surface area contributed by atoms with Crippen molar-refractivity contribution in [1.29, 1.82) is 0 Å². The Bertz CT molecular complexity index is 781. The Morgan fingerprint density at radius 3 is 2.63 bits per heavy atom. The third-order valence-corrected chi connectivity index (χ3v) is 3.35. The van der Waals surface area contributed by atoms with Gasteiger partial charge in [-0.05, 0) is 36.2 Å². The van der Waals surface area contributed by atoms with E-state index in [4.69, 9.17) is 9.47 Å². The zero-order valence-electron chi connectivity index (χ0n) is 14.8. The van der Waals surface area contributed by atoms with Crippen LogP contribution in [0, 0.1) is 6.92 Å². The van der Waals surface area contributed by atoms with Crippen LogP contribution in [0.3, 0.4) is 0 Å². The lowest BCUT2D eigenvalue weighted by Gasteiger charge is -2.12. The van der Waals surface area contributed by atoms with Crippen LogP contribution in [-0.4, -0.2) is 37.4 Å². The summed E-state index contributed by atoms with van der Waals surface area (Å²) >= 11 is 0. The molecule has 27 heavy (non-hydrogen) atoms. The molecule has 1 aromatic heterocycles. The standard InChI is InChI=1S/C18H19F3N2O4/c1-12-3-4-14(15(7-12)25-2)26-10-16(24)23-9-13-5-6-22-17(8-13)27-11-18(19,20)21/h3-8H,9-11H2,1-2H3,(H,23,24). The zero-order valence-corrected chi connectivity index (χ0v) is 14.8. The minimum atomic E-state index is -4.44. The van der Waals surface area contributed by atoms with E-state index in [2.05, 4.69) is 15.0 Å². The summed E-state index contributed by atoms with van der Waals surface area (Å²) in [6.45, 7) is 0.336. The van der Waals surface area contributed by atoms with Crippen molar-refractivity contribution in [2.75, 3.05) is 20.3 Å². The number of carbonyl (C=O) groups excluding carboxylic acids is 1. The molecule has 0 radical (unpaired) electrons. The SMILES string of the molecule is COc1cc(C)ccc1OCC(=O)NCc1ccnc(OCC(F)(F)F)c1. The number of rotatable bonds is 8. The molecule has 0 aliphatic heterocycles. The molecule has 146 valence electrons. The molecule has 1 N–H and O–H groups in total.